The minimum atomic E-state index is 1.09. The number of unbranched alkanes of at least 4 members (excludes halogenated alkanes) is 9. The molecule has 1 aliphatic rings. The van der Waals surface area contributed by atoms with Crippen molar-refractivity contribution in [2.75, 3.05) is 5.75 Å². The summed E-state index contributed by atoms with van der Waals surface area (Å²) in [6.07, 6.45) is 17.7. The molecular formula is C25H34S. The van der Waals surface area contributed by atoms with Crippen molar-refractivity contribution in [2.45, 2.75) is 77.6 Å². The van der Waals surface area contributed by atoms with Gasteiger partial charge in [0, 0.05) is 4.91 Å². The third kappa shape index (κ3) is 5.39. The van der Waals surface area contributed by atoms with Gasteiger partial charge in [-0.1, -0.05) is 107 Å². The smallest absolute Gasteiger partial charge is 0.0114 e. The molecule has 0 saturated carbocycles. The lowest BCUT2D eigenvalue weighted by atomic mass is 9.93. The number of rotatable bonds is 12. The van der Waals surface area contributed by atoms with E-state index in [9.17, 15) is 0 Å². The highest BCUT2D eigenvalue weighted by molar-refractivity contribution is 8.08. The fourth-order valence-corrected chi connectivity index (χ4v) is 5.11. The van der Waals surface area contributed by atoms with E-state index in [0.717, 1.165) is 6.42 Å². The average Bonchev–Trinajstić information content (AvgIpc) is 2.68. The Hall–Kier alpha value is -1.21. The van der Waals surface area contributed by atoms with Gasteiger partial charge in [-0.2, -0.15) is 0 Å². The molecule has 0 saturated heterocycles. The average molecular weight is 367 g/mol. The molecule has 0 fully saturated rings. The molecule has 2 aromatic rings. The van der Waals surface area contributed by atoms with E-state index >= 15 is 0 Å². The van der Waals surface area contributed by atoms with Crippen LogP contribution in [-0.2, 0) is 6.42 Å². The maximum Gasteiger partial charge on any atom is 0.0114 e. The van der Waals surface area contributed by atoms with Crippen LogP contribution in [0.5, 0.6) is 0 Å². The predicted octanol–water partition coefficient (Wildman–Crippen LogP) is 8.39. The van der Waals surface area contributed by atoms with Crippen molar-refractivity contribution in [3.05, 3.63) is 53.6 Å². The normalized spacial score (nSPS) is 13.2. The summed E-state index contributed by atoms with van der Waals surface area (Å²) >= 11 is 2.07. The van der Waals surface area contributed by atoms with E-state index in [1.165, 1.54) is 96.8 Å². The molecule has 26 heavy (non-hydrogen) atoms. The molecule has 0 atom stereocenters. The number of allylic oxidation sites excluding steroid dienone is 1. The first kappa shape index (κ1) is 19.5. The molecule has 0 bridgehead atoms. The quantitative estimate of drug-likeness (QED) is 0.340. The van der Waals surface area contributed by atoms with Gasteiger partial charge in [-0.25, -0.2) is 0 Å². The fraction of sp³-hybridized carbons (Fsp3) is 0.520. The molecule has 0 amide bonds. The zero-order valence-corrected chi connectivity index (χ0v) is 17.3. The molecular weight excluding hydrogens is 332 g/mol. The molecule has 0 aliphatic heterocycles. The Morgan fingerprint density at radius 2 is 1.42 bits per heavy atom. The largest absolute Gasteiger partial charge is 0.126 e. The van der Waals surface area contributed by atoms with Crippen LogP contribution in [0.15, 0.2) is 42.5 Å². The van der Waals surface area contributed by atoms with E-state index in [1.807, 2.05) is 0 Å². The molecule has 2 aromatic carbocycles. The van der Waals surface area contributed by atoms with Gasteiger partial charge in [-0.05, 0) is 40.5 Å². The lowest BCUT2D eigenvalue weighted by Crippen LogP contribution is -1.97. The highest BCUT2D eigenvalue weighted by Gasteiger charge is 2.14. The topological polar surface area (TPSA) is 0 Å². The summed E-state index contributed by atoms with van der Waals surface area (Å²) in [7, 11) is 0. The van der Waals surface area contributed by atoms with Crippen LogP contribution in [0.4, 0.5) is 0 Å². The molecule has 1 aliphatic carbocycles. The molecule has 0 nitrogen and oxygen atoms in total. The molecule has 3 rings (SSSR count). The van der Waals surface area contributed by atoms with Crippen LogP contribution >= 0.6 is 11.8 Å². The Morgan fingerprint density at radius 3 is 2.15 bits per heavy atom. The van der Waals surface area contributed by atoms with E-state index < -0.39 is 0 Å². The standard InChI is InChI=1S/C25H34S/c1-2-3-4-5-6-7-8-9-10-11-20-26-24-19-18-22-15-12-14-21-16-13-17-23(24)25(21)22/h12-17,19H,2-11,18,20H2,1H3. The van der Waals surface area contributed by atoms with Gasteiger partial charge in [0.2, 0.25) is 0 Å². The number of thioether (sulfide) groups is 1. The molecule has 0 aromatic heterocycles. The maximum absolute atomic E-state index is 2.44. The second-order valence-corrected chi connectivity index (χ2v) is 8.76. The van der Waals surface area contributed by atoms with Crippen LogP contribution in [0.1, 0.15) is 82.3 Å². The van der Waals surface area contributed by atoms with Gasteiger partial charge in [0.25, 0.3) is 0 Å². The van der Waals surface area contributed by atoms with Crippen molar-refractivity contribution in [1.82, 2.24) is 0 Å². The highest BCUT2D eigenvalue weighted by atomic mass is 32.2. The Morgan fingerprint density at radius 1 is 0.769 bits per heavy atom. The summed E-state index contributed by atoms with van der Waals surface area (Å²) in [4.78, 5) is 1.50. The Balaban J connectivity index is 1.35. The van der Waals surface area contributed by atoms with Gasteiger partial charge in [0.1, 0.15) is 0 Å². The van der Waals surface area contributed by atoms with Crippen LogP contribution < -0.4 is 0 Å². The molecule has 0 spiro atoms. The first-order valence-corrected chi connectivity index (χ1v) is 11.7. The van der Waals surface area contributed by atoms with Crippen molar-refractivity contribution in [3.8, 4) is 0 Å². The monoisotopic (exact) mass is 366 g/mol. The Bertz CT molecular complexity index is 708. The minimum absolute atomic E-state index is 1.09. The highest BCUT2D eigenvalue weighted by Crippen LogP contribution is 2.38. The summed E-state index contributed by atoms with van der Waals surface area (Å²) in [6.45, 7) is 2.29. The summed E-state index contributed by atoms with van der Waals surface area (Å²) < 4.78 is 0. The third-order valence-electron chi connectivity index (χ3n) is 5.52. The summed E-state index contributed by atoms with van der Waals surface area (Å²) in [5, 5.41) is 2.88. The lowest BCUT2D eigenvalue weighted by Gasteiger charge is -2.18. The van der Waals surface area contributed by atoms with Crippen LogP contribution in [0, 0.1) is 0 Å². The third-order valence-corrected chi connectivity index (χ3v) is 6.71. The number of hydrogen-bond donors (Lipinski definition) is 0. The van der Waals surface area contributed by atoms with Crippen LogP contribution in [0.3, 0.4) is 0 Å². The maximum atomic E-state index is 2.44. The first-order chi connectivity index (χ1) is 12.9. The van der Waals surface area contributed by atoms with Crippen molar-refractivity contribution < 1.29 is 0 Å². The van der Waals surface area contributed by atoms with E-state index in [2.05, 4.69) is 61.2 Å². The van der Waals surface area contributed by atoms with Gasteiger partial charge in [-0.15, -0.1) is 11.8 Å². The van der Waals surface area contributed by atoms with E-state index in [1.54, 1.807) is 0 Å². The van der Waals surface area contributed by atoms with Gasteiger partial charge >= 0.3 is 0 Å². The molecule has 0 unspecified atom stereocenters. The van der Waals surface area contributed by atoms with E-state index in [0.29, 0.717) is 0 Å². The van der Waals surface area contributed by atoms with Gasteiger partial charge < -0.3 is 0 Å². The summed E-state index contributed by atoms with van der Waals surface area (Å²) in [5.74, 6) is 1.26. The Labute approximate surface area is 164 Å². The molecule has 0 N–H and O–H groups in total. The van der Waals surface area contributed by atoms with Crippen molar-refractivity contribution >= 4 is 27.4 Å². The lowest BCUT2D eigenvalue weighted by molar-refractivity contribution is 0.563. The number of hydrogen-bond acceptors (Lipinski definition) is 1. The molecule has 0 heterocycles. The van der Waals surface area contributed by atoms with Gasteiger partial charge in [0.15, 0.2) is 0 Å². The van der Waals surface area contributed by atoms with Gasteiger partial charge in [-0.3, -0.25) is 0 Å². The predicted molar refractivity (Wildman–Crippen MR) is 120 cm³/mol. The van der Waals surface area contributed by atoms with Crippen molar-refractivity contribution in [3.63, 3.8) is 0 Å². The zero-order valence-electron chi connectivity index (χ0n) is 16.4. The number of benzene rings is 2. The fourth-order valence-electron chi connectivity index (χ4n) is 4.02. The Kier molecular flexibility index (Phi) is 8.14. The van der Waals surface area contributed by atoms with Crippen molar-refractivity contribution in [2.24, 2.45) is 0 Å². The van der Waals surface area contributed by atoms with E-state index in [-0.39, 0.29) is 0 Å². The second kappa shape index (κ2) is 10.8. The van der Waals surface area contributed by atoms with Gasteiger partial charge in [0.05, 0.1) is 0 Å². The second-order valence-electron chi connectivity index (χ2n) is 7.62. The van der Waals surface area contributed by atoms with Crippen LogP contribution in [0.2, 0.25) is 0 Å². The first-order valence-electron chi connectivity index (χ1n) is 10.7. The van der Waals surface area contributed by atoms with E-state index in [4.69, 9.17) is 0 Å². The minimum Gasteiger partial charge on any atom is -0.126 e. The zero-order chi connectivity index (χ0) is 18.0. The molecule has 1 heteroatoms. The summed E-state index contributed by atoms with van der Waals surface area (Å²) in [6, 6.07) is 13.5. The van der Waals surface area contributed by atoms with Crippen molar-refractivity contribution in [1.29, 1.82) is 0 Å². The SMILES string of the molecule is CCCCCCCCCCCCSC1=CCc2cccc3cccc1c23. The van der Waals surface area contributed by atoms with Crippen LogP contribution in [0.25, 0.3) is 15.7 Å². The summed E-state index contributed by atoms with van der Waals surface area (Å²) in [5.41, 5.74) is 2.95. The molecule has 140 valence electrons. The van der Waals surface area contributed by atoms with Crippen LogP contribution in [-0.4, -0.2) is 5.75 Å². The molecule has 0 radical (unpaired) electrons.